The molecule has 0 saturated carbocycles. The van der Waals surface area contributed by atoms with E-state index in [0.29, 0.717) is 0 Å². The third-order valence-corrected chi connectivity index (χ3v) is 13.9. The average Bonchev–Trinajstić information content (AvgIpc) is 3.85. The highest BCUT2D eigenvalue weighted by Gasteiger charge is 2.32. The fraction of sp³-hybridized carbons (Fsp3) is 0. The summed E-state index contributed by atoms with van der Waals surface area (Å²) in [5.41, 5.74) is 10.4. The minimum Gasteiger partial charge on any atom is -0.309 e. The van der Waals surface area contributed by atoms with Crippen LogP contribution in [0, 0.1) is 0 Å². The van der Waals surface area contributed by atoms with Crippen LogP contribution in [0.3, 0.4) is 0 Å². The third-order valence-electron chi connectivity index (χ3n) is 11.5. The van der Waals surface area contributed by atoms with Gasteiger partial charge in [0, 0.05) is 48.5 Å². The summed E-state index contributed by atoms with van der Waals surface area (Å²) < 4.78 is 5.01. The van der Waals surface area contributed by atoms with Crippen molar-refractivity contribution in [3.63, 3.8) is 0 Å². The molecule has 0 N–H and O–H groups in total. The van der Waals surface area contributed by atoms with Gasteiger partial charge in [-0.25, -0.2) is 0 Å². The molecule has 1 aliphatic heterocycles. The molecule has 5 heteroatoms. The molecule has 0 amide bonds. The lowest BCUT2D eigenvalue weighted by atomic mass is 9.98. The first-order valence-electron chi connectivity index (χ1n) is 19.9. The van der Waals surface area contributed by atoms with Gasteiger partial charge in [-0.1, -0.05) is 145 Å². The van der Waals surface area contributed by atoms with E-state index in [1.165, 1.54) is 68.6 Å². The fourth-order valence-electron chi connectivity index (χ4n) is 8.91. The molecule has 278 valence electrons. The van der Waals surface area contributed by atoms with E-state index in [-0.39, 0.29) is 0 Å². The molecule has 3 nitrogen and oxygen atoms in total. The van der Waals surface area contributed by atoms with Crippen molar-refractivity contribution >= 4 is 99.2 Å². The van der Waals surface area contributed by atoms with Crippen LogP contribution in [0.15, 0.2) is 222 Å². The van der Waals surface area contributed by atoms with Crippen molar-refractivity contribution in [3.8, 4) is 16.8 Å². The Morgan fingerprint density at radius 2 is 1.12 bits per heavy atom. The molecule has 11 aromatic rings. The molecule has 1 aliphatic rings. The molecular formula is C54H35N3S2. The number of nitrogens with zero attached hydrogens (tertiary/aromatic N) is 3. The highest BCUT2D eigenvalue weighted by Crippen LogP contribution is 2.56. The first-order valence-corrected chi connectivity index (χ1v) is 21.6. The van der Waals surface area contributed by atoms with E-state index in [0.717, 1.165) is 34.1 Å². The van der Waals surface area contributed by atoms with Crippen LogP contribution in [-0.2, 0) is 0 Å². The van der Waals surface area contributed by atoms with Gasteiger partial charge in [0.1, 0.15) is 5.82 Å². The van der Waals surface area contributed by atoms with Crippen molar-refractivity contribution in [3.05, 3.63) is 212 Å². The monoisotopic (exact) mass is 789 g/mol. The van der Waals surface area contributed by atoms with E-state index in [4.69, 9.17) is 0 Å². The van der Waals surface area contributed by atoms with Gasteiger partial charge < -0.3 is 4.90 Å². The highest BCUT2D eigenvalue weighted by molar-refractivity contribution is 8.00. The molecule has 0 fully saturated rings. The van der Waals surface area contributed by atoms with Crippen LogP contribution in [0.5, 0.6) is 0 Å². The number of para-hydroxylation sites is 3. The van der Waals surface area contributed by atoms with Crippen molar-refractivity contribution < 1.29 is 0 Å². The number of benzene rings is 9. The molecule has 0 radical (unpaired) electrons. The summed E-state index contributed by atoms with van der Waals surface area (Å²) in [6.45, 7) is 0. The van der Waals surface area contributed by atoms with Crippen molar-refractivity contribution in [1.29, 1.82) is 0 Å². The van der Waals surface area contributed by atoms with Gasteiger partial charge in [0.05, 0.1) is 26.5 Å². The topological polar surface area (TPSA) is 11.4 Å². The summed E-state index contributed by atoms with van der Waals surface area (Å²) in [7, 11) is 0. The van der Waals surface area contributed by atoms with Crippen molar-refractivity contribution in [2.75, 3.05) is 9.80 Å². The Labute approximate surface area is 350 Å². The van der Waals surface area contributed by atoms with Gasteiger partial charge in [-0.15, -0.1) is 11.3 Å². The number of hydrogen-bond acceptors (Lipinski definition) is 4. The number of hydrogen-bond donors (Lipinski definition) is 0. The molecular weight excluding hydrogens is 755 g/mol. The zero-order valence-electron chi connectivity index (χ0n) is 31.9. The predicted molar refractivity (Wildman–Crippen MR) is 253 cm³/mol. The van der Waals surface area contributed by atoms with E-state index in [9.17, 15) is 0 Å². The lowest BCUT2D eigenvalue weighted by Gasteiger charge is -2.32. The maximum atomic E-state index is 2.46. The van der Waals surface area contributed by atoms with Crippen LogP contribution in [0.2, 0.25) is 0 Å². The summed E-state index contributed by atoms with van der Waals surface area (Å²) in [6, 6.07) is 77.3. The lowest BCUT2D eigenvalue weighted by Crippen LogP contribution is -2.17. The van der Waals surface area contributed by atoms with Gasteiger partial charge in [-0.3, -0.25) is 9.47 Å². The first-order chi connectivity index (χ1) is 29.3. The largest absolute Gasteiger partial charge is 0.309 e. The molecule has 2 aromatic heterocycles. The van der Waals surface area contributed by atoms with Gasteiger partial charge in [-0.2, -0.15) is 0 Å². The number of anilines is 6. The van der Waals surface area contributed by atoms with E-state index in [1.54, 1.807) is 0 Å². The minimum atomic E-state index is 1.11. The number of thiophene rings is 1. The van der Waals surface area contributed by atoms with E-state index in [1.807, 2.05) is 23.1 Å². The Kier molecular flexibility index (Phi) is 7.96. The molecule has 9 aromatic carbocycles. The van der Waals surface area contributed by atoms with Gasteiger partial charge in [-0.05, 0) is 101 Å². The Morgan fingerprint density at radius 1 is 0.458 bits per heavy atom. The second kappa shape index (κ2) is 13.8. The maximum Gasteiger partial charge on any atom is 0.137 e. The molecule has 0 unspecified atom stereocenters. The molecule has 0 bridgehead atoms. The standard InChI is InChI=1S/C54H35N3S2/c1-3-17-38(18-4-1)56-47-34-33-41(35-46(47)53-54(56)57(39-19-5-2-6-20-39)48-25-10-12-28-51(48)59-53)55(49-26-14-24-45-44-22-9-11-27-50(44)58-52(45)49)40-31-29-37(30-32-40)43-23-13-16-36-15-7-8-21-42(36)43/h1-35H. The SMILES string of the molecule is c1ccc(N2c3ccccc3Sc3c2n(-c2ccccc2)c2ccc(N(c4ccc(-c5cccc6ccccc56)cc4)c4cccc5c4sc4ccccc45)cc32)cc1. The second-order valence-corrected chi connectivity index (χ2v) is 17.0. The quantitative estimate of drug-likeness (QED) is 0.166. The normalized spacial score (nSPS) is 12.3. The van der Waals surface area contributed by atoms with Crippen LogP contribution >= 0.6 is 23.1 Å². The molecule has 0 saturated heterocycles. The van der Waals surface area contributed by atoms with Crippen LogP contribution < -0.4 is 9.80 Å². The van der Waals surface area contributed by atoms with Gasteiger partial charge in [0.25, 0.3) is 0 Å². The Bertz CT molecular complexity index is 3360. The summed E-state index contributed by atoms with van der Waals surface area (Å²) in [5.74, 6) is 1.15. The second-order valence-electron chi connectivity index (χ2n) is 14.9. The Morgan fingerprint density at radius 3 is 1.97 bits per heavy atom. The Hall–Kier alpha value is -7.05. The predicted octanol–water partition coefficient (Wildman–Crippen LogP) is 16.2. The van der Waals surface area contributed by atoms with E-state index >= 15 is 0 Å². The van der Waals surface area contributed by atoms with Crippen LogP contribution in [0.1, 0.15) is 0 Å². The molecule has 59 heavy (non-hydrogen) atoms. The van der Waals surface area contributed by atoms with E-state index < -0.39 is 0 Å². The van der Waals surface area contributed by atoms with Gasteiger partial charge >= 0.3 is 0 Å². The molecule has 3 heterocycles. The zero-order chi connectivity index (χ0) is 38.9. The summed E-state index contributed by atoms with van der Waals surface area (Å²) in [6.07, 6.45) is 0. The number of aromatic nitrogens is 1. The van der Waals surface area contributed by atoms with Crippen LogP contribution in [0.4, 0.5) is 34.3 Å². The third kappa shape index (κ3) is 5.50. The van der Waals surface area contributed by atoms with Crippen molar-refractivity contribution in [2.45, 2.75) is 9.79 Å². The number of rotatable bonds is 6. The molecule has 0 atom stereocenters. The average molecular weight is 790 g/mol. The van der Waals surface area contributed by atoms with Crippen LogP contribution in [0.25, 0.3) is 58.7 Å². The number of fused-ring (bicyclic) bond motifs is 8. The molecule has 0 aliphatic carbocycles. The van der Waals surface area contributed by atoms with Gasteiger partial charge in [0.2, 0.25) is 0 Å². The maximum absolute atomic E-state index is 2.46. The summed E-state index contributed by atoms with van der Waals surface area (Å²) >= 11 is 3.73. The highest BCUT2D eigenvalue weighted by atomic mass is 32.2. The zero-order valence-corrected chi connectivity index (χ0v) is 33.5. The first kappa shape index (κ1) is 34.0. The van der Waals surface area contributed by atoms with Crippen molar-refractivity contribution in [2.24, 2.45) is 0 Å². The molecule has 12 rings (SSSR count). The summed E-state index contributed by atoms with van der Waals surface area (Å²) in [4.78, 5) is 7.37. The molecule has 0 spiro atoms. The van der Waals surface area contributed by atoms with Gasteiger partial charge in [0.15, 0.2) is 0 Å². The smallest absolute Gasteiger partial charge is 0.137 e. The summed E-state index contributed by atoms with van der Waals surface area (Å²) in [5, 5.41) is 6.29. The Balaban J connectivity index is 1.11. The van der Waals surface area contributed by atoms with E-state index in [2.05, 4.69) is 227 Å². The lowest BCUT2D eigenvalue weighted by molar-refractivity contribution is 1.03. The fourth-order valence-corrected chi connectivity index (χ4v) is 11.3. The minimum absolute atomic E-state index is 1.11. The van der Waals surface area contributed by atoms with Crippen molar-refractivity contribution in [1.82, 2.24) is 4.57 Å². The van der Waals surface area contributed by atoms with Crippen LogP contribution in [-0.4, -0.2) is 4.57 Å².